The fourth-order valence-electron chi connectivity index (χ4n) is 2.00. The number of fused-ring (bicyclic) bond motifs is 1. The molecule has 0 aliphatic heterocycles. The molecule has 124 valence electrons. The van der Waals surface area contributed by atoms with E-state index in [1.165, 1.54) is 10.9 Å². The van der Waals surface area contributed by atoms with Gasteiger partial charge in [0.2, 0.25) is 0 Å². The van der Waals surface area contributed by atoms with Crippen molar-refractivity contribution in [3.63, 3.8) is 0 Å². The van der Waals surface area contributed by atoms with E-state index >= 15 is 0 Å². The number of benzene rings is 1. The Labute approximate surface area is 142 Å². The molecule has 0 saturated heterocycles. The maximum Gasteiger partial charge on any atom is 0.188 e. The quantitative estimate of drug-likeness (QED) is 0.678. The number of rotatable bonds is 3. The van der Waals surface area contributed by atoms with Gasteiger partial charge in [-0.3, -0.25) is 0 Å². The highest BCUT2D eigenvalue weighted by molar-refractivity contribution is 5.85. The third-order valence-electron chi connectivity index (χ3n) is 3.08. The Morgan fingerprint density at radius 3 is 2.71 bits per heavy atom. The van der Waals surface area contributed by atoms with E-state index in [2.05, 4.69) is 27.0 Å². The summed E-state index contributed by atoms with van der Waals surface area (Å²) in [7, 11) is 0. The Kier molecular flexibility index (Phi) is 5.77. The molecule has 3 aromatic rings. The van der Waals surface area contributed by atoms with Crippen molar-refractivity contribution >= 4 is 23.4 Å². The average Bonchev–Trinajstić information content (AvgIpc) is 2.99. The second-order valence-electron chi connectivity index (χ2n) is 4.72. The van der Waals surface area contributed by atoms with Gasteiger partial charge in [0.15, 0.2) is 17.2 Å². The summed E-state index contributed by atoms with van der Waals surface area (Å²) < 4.78 is 39.1. The van der Waals surface area contributed by atoms with Crippen LogP contribution in [-0.2, 0) is 13.2 Å². The lowest BCUT2D eigenvalue weighted by Crippen LogP contribution is -2.01. The highest BCUT2D eigenvalue weighted by Gasteiger charge is 2.11. The first-order valence-electron chi connectivity index (χ1n) is 6.87. The van der Waals surface area contributed by atoms with E-state index in [0.29, 0.717) is 24.4 Å². The summed E-state index contributed by atoms with van der Waals surface area (Å²) in [6, 6.07) is 7.34. The highest BCUT2D eigenvalue weighted by Crippen LogP contribution is 2.16. The number of hydrogen-bond donors (Lipinski definition) is 0. The molecule has 0 amide bonds. The monoisotopic (exact) mass is 352 g/mol. The number of hydrogen-bond acceptors (Lipinski definition) is 3. The summed E-state index contributed by atoms with van der Waals surface area (Å²) in [4.78, 5) is 5.29. The number of alkyl halides is 1. The van der Waals surface area contributed by atoms with E-state index in [4.69, 9.17) is 0 Å². The second-order valence-corrected chi connectivity index (χ2v) is 4.72. The fourth-order valence-corrected chi connectivity index (χ4v) is 2.00. The van der Waals surface area contributed by atoms with Crippen LogP contribution in [0.3, 0.4) is 0 Å². The third kappa shape index (κ3) is 3.84. The summed E-state index contributed by atoms with van der Waals surface area (Å²) in [6.45, 7) is -0.313. The molecule has 0 bridgehead atoms. The van der Waals surface area contributed by atoms with E-state index in [1.807, 2.05) is 0 Å². The van der Waals surface area contributed by atoms with Gasteiger partial charge >= 0.3 is 0 Å². The summed E-state index contributed by atoms with van der Waals surface area (Å²) >= 11 is 0. The molecule has 8 heteroatoms. The van der Waals surface area contributed by atoms with Gasteiger partial charge in [0.05, 0.1) is 12.2 Å². The predicted octanol–water partition coefficient (Wildman–Crippen LogP) is 3.44. The zero-order chi connectivity index (χ0) is 16.2. The molecule has 0 radical (unpaired) electrons. The van der Waals surface area contributed by atoms with Gasteiger partial charge in [-0.2, -0.15) is 15.0 Å². The molecule has 2 heterocycles. The van der Waals surface area contributed by atoms with Gasteiger partial charge < -0.3 is 0 Å². The topological polar surface area (TPSA) is 43.6 Å². The van der Waals surface area contributed by atoms with Crippen molar-refractivity contribution in [3.05, 3.63) is 53.4 Å². The number of aryl methyl sites for hydroxylation is 1. The van der Waals surface area contributed by atoms with Gasteiger partial charge in [-0.1, -0.05) is 12.0 Å². The maximum atomic E-state index is 13.5. The molecule has 0 aliphatic carbocycles. The molecule has 0 fully saturated rings. The van der Waals surface area contributed by atoms with Crippen LogP contribution in [0.2, 0.25) is 0 Å². The van der Waals surface area contributed by atoms with Gasteiger partial charge in [-0.25, -0.2) is 18.2 Å². The van der Waals surface area contributed by atoms with Gasteiger partial charge in [0.1, 0.15) is 17.9 Å². The maximum absolute atomic E-state index is 13.5. The van der Waals surface area contributed by atoms with E-state index in [9.17, 15) is 13.2 Å². The lowest BCUT2D eigenvalue weighted by atomic mass is 10.3. The summed E-state index contributed by atoms with van der Waals surface area (Å²) in [5.74, 6) is 3.72. The lowest BCUT2D eigenvalue weighted by Gasteiger charge is -1.94. The van der Waals surface area contributed by atoms with Crippen molar-refractivity contribution in [3.8, 4) is 11.8 Å². The molecule has 1 aromatic carbocycles. The van der Waals surface area contributed by atoms with E-state index in [0.717, 1.165) is 6.07 Å². The smallest absolute Gasteiger partial charge is 0.188 e. The van der Waals surface area contributed by atoms with Gasteiger partial charge in [-0.05, 0) is 30.2 Å². The Bertz CT molecular complexity index is 915. The molecule has 0 unspecified atom stereocenters. The largest absolute Gasteiger partial charge is 0.244 e. The predicted molar refractivity (Wildman–Crippen MR) is 85.2 cm³/mol. The second kappa shape index (κ2) is 7.79. The molecular formula is C16H12ClF3N4. The first-order valence-corrected chi connectivity index (χ1v) is 6.87. The molecule has 2 aromatic heterocycles. The number of nitrogens with zero attached hydrogens (tertiary/aromatic N) is 4. The first kappa shape index (κ1) is 17.8. The molecule has 0 N–H and O–H groups in total. The minimum Gasteiger partial charge on any atom is -0.244 e. The zero-order valence-electron chi connectivity index (χ0n) is 12.3. The summed E-state index contributed by atoms with van der Waals surface area (Å²) in [5, 5.41) is 7.96. The van der Waals surface area contributed by atoms with Crippen molar-refractivity contribution in [1.29, 1.82) is 0 Å². The molecular weight excluding hydrogens is 341 g/mol. The molecule has 0 aliphatic rings. The molecule has 4 nitrogen and oxygen atoms in total. The fraction of sp³-hybridized carbons (Fsp3) is 0.188. The Balaban J connectivity index is 0.00000208. The van der Waals surface area contributed by atoms with Crippen molar-refractivity contribution in [2.45, 2.75) is 19.6 Å². The van der Waals surface area contributed by atoms with E-state index < -0.39 is 18.3 Å². The van der Waals surface area contributed by atoms with Crippen LogP contribution in [0.4, 0.5) is 13.2 Å². The zero-order valence-corrected chi connectivity index (χ0v) is 13.2. The van der Waals surface area contributed by atoms with Crippen molar-refractivity contribution in [2.24, 2.45) is 0 Å². The Morgan fingerprint density at radius 1 is 1.08 bits per heavy atom. The van der Waals surface area contributed by atoms with Crippen LogP contribution in [0.25, 0.3) is 11.0 Å². The van der Waals surface area contributed by atoms with Crippen LogP contribution >= 0.6 is 12.4 Å². The number of aromatic nitrogens is 4. The van der Waals surface area contributed by atoms with Crippen molar-refractivity contribution in [2.75, 3.05) is 0 Å². The van der Waals surface area contributed by atoms with Crippen molar-refractivity contribution in [1.82, 2.24) is 20.0 Å². The van der Waals surface area contributed by atoms with Crippen LogP contribution in [0.5, 0.6) is 0 Å². The lowest BCUT2D eigenvalue weighted by molar-refractivity contribution is 0.476. The normalized spacial score (nSPS) is 10.1. The minimum atomic E-state index is -1.01. The van der Waals surface area contributed by atoms with Crippen LogP contribution in [0, 0.1) is 23.5 Å². The number of pyridine rings is 1. The molecule has 0 saturated carbocycles. The average molecular weight is 353 g/mol. The minimum absolute atomic E-state index is 0. The molecule has 3 rings (SSSR count). The molecule has 24 heavy (non-hydrogen) atoms. The van der Waals surface area contributed by atoms with Crippen LogP contribution in [0.1, 0.15) is 17.8 Å². The van der Waals surface area contributed by atoms with E-state index in [1.54, 1.807) is 18.2 Å². The molecule has 0 atom stereocenters. The highest BCUT2D eigenvalue weighted by atomic mass is 35.5. The van der Waals surface area contributed by atoms with Crippen LogP contribution in [0.15, 0.2) is 30.3 Å². The Morgan fingerprint density at radius 2 is 1.92 bits per heavy atom. The first-order chi connectivity index (χ1) is 11.2. The standard InChI is InChI=1S/C16H11F3N4.ClH/c17-10-12-6-3-5-11(20-12)4-1-2-9-23-21-14-8-7-13(18)15(19)16(14)22-23;/h3,5-8H,2,9-10H2;1H. The van der Waals surface area contributed by atoms with E-state index in [-0.39, 0.29) is 23.4 Å². The summed E-state index contributed by atoms with van der Waals surface area (Å²) in [5.41, 5.74) is 0.991. The van der Waals surface area contributed by atoms with Gasteiger partial charge in [0.25, 0.3) is 0 Å². The van der Waals surface area contributed by atoms with Crippen LogP contribution < -0.4 is 0 Å². The van der Waals surface area contributed by atoms with Gasteiger partial charge in [0, 0.05) is 6.42 Å². The molecule has 0 spiro atoms. The Hall–Kier alpha value is -2.59. The van der Waals surface area contributed by atoms with Crippen molar-refractivity contribution < 1.29 is 13.2 Å². The third-order valence-corrected chi connectivity index (χ3v) is 3.08. The van der Waals surface area contributed by atoms with Gasteiger partial charge in [-0.15, -0.1) is 12.4 Å². The SMILES string of the molecule is Cl.FCc1cccc(C#CCCn2nc3ccc(F)c(F)c3n2)n1. The van der Waals surface area contributed by atoms with Crippen LogP contribution in [-0.4, -0.2) is 20.0 Å². The number of halogens is 4. The summed E-state index contributed by atoms with van der Waals surface area (Å²) in [6.07, 6.45) is 0.395.